The zero-order valence-corrected chi connectivity index (χ0v) is 14.3. The number of aromatic nitrogens is 2. The zero-order valence-electron chi connectivity index (χ0n) is 14.3. The predicted molar refractivity (Wildman–Crippen MR) is 92.6 cm³/mol. The van der Waals surface area contributed by atoms with Crippen molar-refractivity contribution >= 4 is 22.8 Å². The van der Waals surface area contributed by atoms with Gasteiger partial charge in [0, 0.05) is 0 Å². The molecule has 3 N–H and O–H groups in total. The molecular weight excluding hydrogens is 326 g/mol. The SMILES string of the molecule is CC(C)C[C@H](NC(=O)[C@H](C)n1c(=O)[nH]c2ccccc2c1=O)C(=O)O. The van der Waals surface area contributed by atoms with Crippen molar-refractivity contribution in [3.63, 3.8) is 0 Å². The lowest BCUT2D eigenvalue weighted by Gasteiger charge is -2.20. The van der Waals surface area contributed by atoms with E-state index in [1.807, 2.05) is 13.8 Å². The highest BCUT2D eigenvalue weighted by molar-refractivity contribution is 5.86. The van der Waals surface area contributed by atoms with E-state index in [4.69, 9.17) is 0 Å². The van der Waals surface area contributed by atoms with Crippen LogP contribution < -0.4 is 16.6 Å². The molecule has 1 aromatic heterocycles. The number of amides is 1. The van der Waals surface area contributed by atoms with E-state index in [9.17, 15) is 24.3 Å². The third-order valence-corrected chi connectivity index (χ3v) is 3.93. The molecule has 0 bridgehead atoms. The number of carboxylic acids is 1. The number of hydrogen-bond donors (Lipinski definition) is 3. The number of carbonyl (C=O) groups excluding carboxylic acids is 1. The molecular formula is C17H21N3O5. The number of carbonyl (C=O) groups is 2. The van der Waals surface area contributed by atoms with Crippen molar-refractivity contribution in [3.05, 3.63) is 45.1 Å². The molecule has 0 radical (unpaired) electrons. The molecule has 2 aromatic rings. The molecule has 0 saturated heterocycles. The Morgan fingerprint density at radius 1 is 1.20 bits per heavy atom. The number of benzene rings is 1. The van der Waals surface area contributed by atoms with E-state index >= 15 is 0 Å². The second kappa shape index (κ2) is 7.33. The maximum Gasteiger partial charge on any atom is 0.329 e. The Balaban J connectivity index is 2.37. The maximum atomic E-state index is 12.5. The molecule has 134 valence electrons. The summed E-state index contributed by atoms with van der Waals surface area (Å²) in [6, 6.07) is 4.26. The number of H-pyrrole nitrogens is 1. The molecule has 1 amide bonds. The zero-order chi connectivity index (χ0) is 18.7. The van der Waals surface area contributed by atoms with Crippen LogP contribution in [0.3, 0.4) is 0 Å². The summed E-state index contributed by atoms with van der Waals surface area (Å²) in [5, 5.41) is 11.9. The van der Waals surface area contributed by atoms with Gasteiger partial charge >= 0.3 is 11.7 Å². The van der Waals surface area contributed by atoms with Crippen LogP contribution in [0.25, 0.3) is 10.9 Å². The molecule has 8 heteroatoms. The second-order valence-electron chi connectivity index (χ2n) is 6.36. The number of hydrogen-bond acceptors (Lipinski definition) is 4. The number of nitrogens with zero attached hydrogens (tertiary/aromatic N) is 1. The van der Waals surface area contributed by atoms with Crippen molar-refractivity contribution in [3.8, 4) is 0 Å². The van der Waals surface area contributed by atoms with Crippen molar-refractivity contribution in [2.45, 2.75) is 39.3 Å². The first-order valence-electron chi connectivity index (χ1n) is 7.99. The first kappa shape index (κ1) is 18.4. The standard InChI is InChI=1S/C17H21N3O5/c1-9(2)8-13(16(23)24)18-14(21)10(3)20-15(22)11-6-4-5-7-12(11)19-17(20)25/h4-7,9-10,13H,8H2,1-3H3,(H,18,21)(H,19,25)(H,23,24)/t10-,13-/m0/s1. The molecule has 2 rings (SSSR count). The largest absolute Gasteiger partial charge is 0.480 e. The van der Waals surface area contributed by atoms with Gasteiger partial charge in [0.2, 0.25) is 5.91 Å². The molecule has 0 aliphatic rings. The van der Waals surface area contributed by atoms with Gasteiger partial charge in [-0.3, -0.25) is 9.59 Å². The van der Waals surface area contributed by atoms with Crippen LogP contribution in [0.1, 0.15) is 33.2 Å². The first-order valence-corrected chi connectivity index (χ1v) is 7.99. The van der Waals surface area contributed by atoms with Crippen molar-refractivity contribution in [2.24, 2.45) is 5.92 Å². The van der Waals surface area contributed by atoms with Crippen molar-refractivity contribution in [2.75, 3.05) is 0 Å². The summed E-state index contributed by atoms with van der Waals surface area (Å²) in [7, 11) is 0. The maximum absolute atomic E-state index is 12.5. The van der Waals surface area contributed by atoms with E-state index in [1.165, 1.54) is 6.92 Å². The number of carboxylic acid groups (broad SMARTS) is 1. The lowest BCUT2D eigenvalue weighted by atomic mass is 10.0. The molecule has 0 aliphatic heterocycles. The average Bonchev–Trinajstić information content (AvgIpc) is 2.53. The van der Waals surface area contributed by atoms with Crippen LogP contribution in [0.4, 0.5) is 0 Å². The van der Waals surface area contributed by atoms with Crippen LogP contribution >= 0.6 is 0 Å². The lowest BCUT2D eigenvalue weighted by Crippen LogP contribution is -2.48. The molecule has 0 spiro atoms. The Morgan fingerprint density at radius 2 is 1.84 bits per heavy atom. The Hall–Kier alpha value is -2.90. The number of aliphatic carboxylic acids is 1. The monoisotopic (exact) mass is 347 g/mol. The summed E-state index contributed by atoms with van der Waals surface area (Å²) in [6.45, 7) is 5.06. The summed E-state index contributed by atoms with van der Waals surface area (Å²) in [4.78, 5) is 51.0. The van der Waals surface area contributed by atoms with Crippen LogP contribution in [0.15, 0.2) is 33.9 Å². The average molecular weight is 347 g/mol. The lowest BCUT2D eigenvalue weighted by molar-refractivity contribution is -0.142. The van der Waals surface area contributed by atoms with E-state index in [2.05, 4.69) is 10.3 Å². The van der Waals surface area contributed by atoms with Gasteiger partial charge in [-0.2, -0.15) is 0 Å². The quantitative estimate of drug-likeness (QED) is 0.716. The molecule has 0 fully saturated rings. The summed E-state index contributed by atoms with van der Waals surface area (Å²) >= 11 is 0. The normalized spacial score (nSPS) is 13.6. The molecule has 8 nitrogen and oxygen atoms in total. The van der Waals surface area contributed by atoms with Crippen molar-refractivity contribution < 1.29 is 14.7 Å². The predicted octanol–water partition coefficient (Wildman–Crippen LogP) is 0.866. The summed E-state index contributed by atoms with van der Waals surface area (Å²) in [6.07, 6.45) is 0.247. The Morgan fingerprint density at radius 3 is 2.44 bits per heavy atom. The smallest absolute Gasteiger partial charge is 0.329 e. The molecule has 1 heterocycles. The van der Waals surface area contributed by atoms with E-state index in [1.54, 1.807) is 24.3 Å². The van der Waals surface area contributed by atoms with E-state index in [-0.39, 0.29) is 17.7 Å². The third kappa shape index (κ3) is 3.96. The van der Waals surface area contributed by atoms with Gasteiger partial charge in [0.1, 0.15) is 12.1 Å². The van der Waals surface area contributed by atoms with Gasteiger partial charge in [-0.1, -0.05) is 26.0 Å². The molecule has 1 aromatic carbocycles. The van der Waals surface area contributed by atoms with Gasteiger partial charge in [0.05, 0.1) is 10.9 Å². The minimum absolute atomic E-state index is 0.0588. The summed E-state index contributed by atoms with van der Waals surface area (Å²) in [5.41, 5.74) is -0.940. The highest BCUT2D eigenvalue weighted by Gasteiger charge is 2.26. The topological polar surface area (TPSA) is 121 Å². The summed E-state index contributed by atoms with van der Waals surface area (Å²) in [5.74, 6) is -1.80. The van der Waals surface area contributed by atoms with Crippen LogP contribution in [0, 0.1) is 5.92 Å². The van der Waals surface area contributed by atoms with Crippen molar-refractivity contribution in [1.82, 2.24) is 14.9 Å². The molecule has 2 atom stereocenters. The molecule has 0 aliphatic carbocycles. The van der Waals surface area contributed by atoms with Gasteiger partial charge in [-0.05, 0) is 31.4 Å². The van der Waals surface area contributed by atoms with Crippen LogP contribution in [0.2, 0.25) is 0 Å². The number of nitrogens with one attached hydrogen (secondary N) is 2. The van der Waals surface area contributed by atoms with Gasteiger partial charge in [-0.25, -0.2) is 14.2 Å². The summed E-state index contributed by atoms with van der Waals surface area (Å²) < 4.78 is 0.798. The third-order valence-electron chi connectivity index (χ3n) is 3.93. The van der Waals surface area contributed by atoms with Gasteiger partial charge in [-0.15, -0.1) is 0 Å². The van der Waals surface area contributed by atoms with Crippen LogP contribution in [-0.4, -0.2) is 32.6 Å². The highest BCUT2D eigenvalue weighted by Crippen LogP contribution is 2.09. The molecule has 0 saturated carbocycles. The van der Waals surface area contributed by atoms with E-state index in [0.29, 0.717) is 5.52 Å². The number of para-hydroxylation sites is 1. The minimum Gasteiger partial charge on any atom is -0.480 e. The number of aromatic amines is 1. The second-order valence-corrected chi connectivity index (χ2v) is 6.36. The van der Waals surface area contributed by atoms with E-state index < -0.39 is 35.2 Å². The van der Waals surface area contributed by atoms with Crippen LogP contribution in [0.5, 0.6) is 0 Å². The molecule has 0 unspecified atom stereocenters. The first-order chi connectivity index (χ1) is 11.7. The van der Waals surface area contributed by atoms with Gasteiger partial charge < -0.3 is 15.4 Å². The van der Waals surface area contributed by atoms with Gasteiger partial charge in [0.15, 0.2) is 0 Å². The Kier molecular flexibility index (Phi) is 5.41. The molecule has 25 heavy (non-hydrogen) atoms. The van der Waals surface area contributed by atoms with Gasteiger partial charge in [0.25, 0.3) is 5.56 Å². The fraction of sp³-hybridized carbons (Fsp3) is 0.412. The van der Waals surface area contributed by atoms with E-state index in [0.717, 1.165) is 4.57 Å². The highest BCUT2D eigenvalue weighted by atomic mass is 16.4. The Bertz CT molecular complexity index is 912. The number of rotatable bonds is 6. The fourth-order valence-electron chi connectivity index (χ4n) is 2.63. The minimum atomic E-state index is -1.16. The Labute approximate surface area is 143 Å². The van der Waals surface area contributed by atoms with Crippen LogP contribution in [-0.2, 0) is 9.59 Å². The van der Waals surface area contributed by atoms with Crippen molar-refractivity contribution in [1.29, 1.82) is 0 Å². The number of fused-ring (bicyclic) bond motifs is 1. The fourth-order valence-corrected chi connectivity index (χ4v) is 2.63.